The summed E-state index contributed by atoms with van der Waals surface area (Å²) in [4.78, 5) is 32.1. The van der Waals surface area contributed by atoms with Crippen LogP contribution in [0.2, 0.25) is 0 Å². The maximum atomic E-state index is 12.5. The number of aromatic nitrogens is 4. The Hall–Kier alpha value is -1.59. The Labute approximate surface area is 191 Å². The van der Waals surface area contributed by atoms with Gasteiger partial charge in [-0.05, 0) is 6.92 Å². The highest BCUT2D eigenvalue weighted by molar-refractivity contribution is 7.47. The topological polar surface area (TPSA) is 251 Å². The summed E-state index contributed by atoms with van der Waals surface area (Å²) in [7, 11) is -9.82. The van der Waals surface area contributed by atoms with Crippen LogP contribution in [0.4, 0.5) is 5.82 Å². The van der Waals surface area contributed by atoms with E-state index in [1.165, 1.54) is 10.9 Å². The van der Waals surface area contributed by atoms with Gasteiger partial charge in [0, 0.05) is 0 Å². The number of phosphoric acid groups is 2. The highest BCUT2D eigenvalue weighted by Crippen LogP contribution is 2.51. The smallest absolute Gasteiger partial charge is 0.391 e. The number of nitrogen functional groups attached to an aromatic ring is 1. The Morgan fingerprint density at radius 2 is 1.79 bits per heavy atom. The first-order valence-electron chi connectivity index (χ1n) is 9.82. The molecule has 7 N–H and O–H groups in total. The van der Waals surface area contributed by atoms with E-state index in [1.807, 2.05) is 0 Å². The molecular formula is C15H23N5O12P2. The molecule has 17 nitrogen and oxygen atoms in total. The number of phosphoric ester groups is 2. The number of aliphatic hydroxyl groups is 3. The van der Waals surface area contributed by atoms with Gasteiger partial charge in [-0.15, -0.1) is 0 Å². The number of nitrogens with zero attached hydrogens (tertiary/aromatic N) is 4. The summed E-state index contributed by atoms with van der Waals surface area (Å²) in [5.41, 5.74) is 6.12. The van der Waals surface area contributed by atoms with Crippen LogP contribution in [0.25, 0.3) is 11.2 Å². The molecule has 2 aliphatic heterocycles. The molecule has 9 atom stereocenters. The van der Waals surface area contributed by atoms with Crippen LogP contribution in [0.5, 0.6) is 0 Å². The molecule has 4 rings (SSSR count). The summed E-state index contributed by atoms with van der Waals surface area (Å²) >= 11 is 0. The first-order chi connectivity index (χ1) is 15.9. The van der Waals surface area contributed by atoms with Gasteiger partial charge in [0.25, 0.3) is 0 Å². The summed E-state index contributed by atoms with van der Waals surface area (Å²) in [5, 5.41) is 30.8. The van der Waals surface area contributed by atoms with E-state index in [0.29, 0.717) is 0 Å². The minimum Gasteiger partial charge on any atom is -0.391 e. The second-order valence-corrected chi connectivity index (χ2v) is 10.4. The molecule has 0 amide bonds. The monoisotopic (exact) mass is 527 g/mol. The molecule has 2 saturated heterocycles. The van der Waals surface area contributed by atoms with Gasteiger partial charge in [0.05, 0.1) is 25.6 Å². The summed E-state index contributed by atoms with van der Waals surface area (Å²) in [6.45, 7) is -0.542. The molecular weight excluding hydrogens is 504 g/mol. The van der Waals surface area contributed by atoms with E-state index >= 15 is 0 Å². The van der Waals surface area contributed by atoms with Crippen molar-refractivity contribution in [3.8, 4) is 0 Å². The number of hydrogen-bond acceptors (Lipinski definition) is 14. The van der Waals surface area contributed by atoms with Crippen LogP contribution in [0.15, 0.2) is 12.7 Å². The largest absolute Gasteiger partial charge is 0.472 e. The minimum absolute atomic E-state index is 0.0557. The standard InChI is InChI=1S/C15H23N5O12P2/c1-6(21)11-7(22)2-28-33(24,25)32-12-8(3-29-34(26,27)31-11)30-15(10(12)23)20-5-19-9-13(16)17-4-18-14(9)20/h4-8,10-12,15,21-23H,2-3H2,1H3,(H,24,25)(H,26,27)(H2,16,17,18)/t6-,7+,8+,10+,11?,12?,15+/m0/s1. The molecule has 0 aliphatic carbocycles. The molecule has 2 aromatic rings. The quantitative estimate of drug-likeness (QED) is 0.241. The molecule has 2 fully saturated rings. The van der Waals surface area contributed by atoms with Gasteiger partial charge in [-0.25, -0.2) is 24.1 Å². The fourth-order valence-corrected chi connectivity index (χ4v) is 5.54. The molecule has 34 heavy (non-hydrogen) atoms. The first kappa shape index (κ1) is 25.5. The third kappa shape index (κ3) is 5.16. The molecule has 4 heterocycles. The lowest BCUT2D eigenvalue weighted by molar-refractivity contribution is -0.0856. The number of anilines is 1. The third-order valence-corrected chi connectivity index (χ3v) is 7.12. The maximum absolute atomic E-state index is 12.5. The van der Waals surface area contributed by atoms with Crippen molar-refractivity contribution in [2.24, 2.45) is 0 Å². The third-order valence-electron chi connectivity index (χ3n) is 5.15. The van der Waals surface area contributed by atoms with Crippen LogP contribution in [-0.2, 0) is 32.0 Å². The van der Waals surface area contributed by atoms with Crippen LogP contribution in [0.1, 0.15) is 13.2 Å². The normalized spacial score (nSPS) is 40.9. The predicted octanol–water partition coefficient (Wildman–Crippen LogP) is -1.57. The minimum atomic E-state index is -4.93. The van der Waals surface area contributed by atoms with Crippen molar-refractivity contribution in [2.45, 2.75) is 49.8 Å². The Balaban J connectivity index is 1.65. The van der Waals surface area contributed by atoms with Gasteiger partial charge in [0.2, 0.25) is 0 Å². The molecule has 2 aliphatic rings. The van der Waals surface area contributed by atoms with Crippen molar-refractivity contribution in [2.75, 3.05) is 18.9 Å². The van der Waals surface area contributed by atoms with E-state index in [1.54, 1.807) is 0 Å². The van der Waals surface area contributed by atoms with Crippen molar-refractivity contribution in [1.29, 1.82) is 0 Å². The van der Waals surface area contributed by atoms with E-state index in [0.717, 1.165) is 13.3 Å². The fraction of sp³-hybridized carbons (Fsp3) is 0.667. The Morgan fingerprint density at radius 1 is 1.12 bits per heavy atom. The van der Waals surface area contributed by atoms with E-state index < -0.39 is 71.7 Å². The molecule has 0 radical (unpaired) electrons. The molecule has 4 unspecified atom stereocenters. The first-order valence-corrected chi connectivity index (χ1v) is 12.8. The number of imidazole rings is 1. The van der Waals surface area contributed by atoms with Crippen LogP contribution >= 0.6 is 15.6 Å². The maximum Gasteiger partial charge on any atom is 0.472 e. The van der Waals surface area contributed by atoms with Gasteiger partial charge in [0.1, 0.15) is 42.4 Å². The predicted molar refractivity (Wildman–Crippen MR) is 109 cm³/mol. The Bertz CT molecular complexity index is 1130. The highest BCUT2D eigenvalue weighted by Gasteiger charge is 2.51. The summed E-state index contributed by atoms with van der Waals surface area (Å²) in [6.07, 6.45) is -8.59. The number of hydrogen-bond donors (Lipinski definition) is 6. The van der Waals surface area contributed by atoms with Crippen LogP contribution in [-0.4, -0.2) is 94.5 Å². The highest BCUT2D eigenvalue weighted by atomic mass is 31.2. The summed E-state index contributed by atoms with van der Waals surface area (Å²) < 4.78 is 51.4. The SMILES string of the molecule is C[C@H](O)C1OP(=O)(O)OC[C@H]2O[C@@H](n3cnc4c(N)ncnc43)[C@H](O)C2OP(=O)(O)OC[C@H]1O. The van der Waals surface area contributed by atoms with Gasteiger partial charge < -0.3 is 35.6 Å². The molecule has 19 heteroatoms. The van der Waals surface area contributed by atoms with Gasteiger partial charge in [-0.1, -0.05) is 0 Å². The zero-order valence-corrected chi connectivity index (χ0v) is 19.3. The zero-order chi connectivity index (χ0) is 24.8. The number of fused-ring (bicyclic) bond motifs is 2. The summed E-state index contributed by atoms with van der Waals surface area (Å²) in [6, 6.07) is 0. The molecule has 0 spiro atoms. The number of rotatable bonds is 2. The van der Waals surface area contributed by atoms with E-state index in [2.05, 4.69) is 15.0 Å². The van der Waals surface area contributed by atoms with Gasteiger partial charge >= 0.3 is 15.6 Å². The van der Waals surface area contributed by atoms with E-state index in [4.69, 9.17) is 28.6 Å². The second kappa shape index (κ2) is 9.46. The molecule has 190 valence electrons. The van der Waals surface area contributed by atoms with Crippen LogP contribution < -0.4 is 5.73 Å². The van der Waals surface area contributed by atoms with Crippen LogP contribution in [0.3, 0.4) is 0 Å². The molecule has 2 aromatic heterocycles. The molecule has 0 aromatic carbocycles. The van der Waals surface area contributed by atoms with Crippen molar-refractivity contribution >= 4 is 32.6 Å². The van der Waals surface area contributed by atoms with Gasteiger partial charge in [-0.2, -0.15) is 0 Å². The van der Waals surface area contributed by atoms with Gasteiger partial charge in [-0.3, -0.25) is 22.7 Å². The Kier molecular flexibility index (Phi) is 7.10. The number of nitrogens with two attached hydrogens (primary N) is 1. The second-order valence-electron chi connectivity index (χ2n) is 7.62. The molecule has 0 bridgehead atoms. The lowest BCUT2D eigenvalue weighted by Crippen LogP contribution is -2.41. The van der Waals surface area contributed by atoms with E-state index in [-0.39, 0.29) is 17.0 Å². The number of aliphatic hydroxyl groups excluding tert-OH is 3. The van der Waals surface area contributed by atoms with Crippen LogP contribution in [0, 0.1) is 0 Å². The fourth-order valence-electron chi connectivity index (χ4n) is 3.55. The van der Waals surface area contributed by atoms with Crippen molar-refractivity contribution in [3.05, 3.63) is 12.7 Å². The number of ether oxygens (including phenoxy) is 1. The average Bonchev–Trinajstić information content (AvgIpc) is 3.30. The van der Waals surface area contributed by atoms with Crippen molar-refractivity contribution in [3.63, 3.8) is 0 Å². The lowest BCUT2D eigenvalue weighted by Gasteiger charge is -2.30. The lowest BCUT2D eigenvalue weighted by atomic mass is 10.1. The van der Waals surface area contributed by atoms with E-state index in [9.17, 15) is 34.2 Å². The zero-order valence-electron chi connectivity index (χ0n) is 17.5. The summed E-state index contributed by atoms with van der Waals surface area (Å²) in [5.74, 6) is 0.0557. The van der Waals surface area contributed by atoms with Crippen molar-refractivity contribution < 1.29 is 57.1 Å². The van der Waals surface area contributed by atoms with Crippen molar-refractivity contribution in [1.82, 2.24) is 19.5 Å². The van der Waals surface area contributed by atoms with Gasteiger partial charge in [0.15, 0.2) is 17.7 Å². The molecule has 0 saturated carbocycles. The Morgan fingerprint density at radius 3 is 2.50 bits per heavy atom. The average molecular weight is 527 g/mol.